The fraction of sp³-hybridized carbons (Fsp3) is 0.0357. The molecule has 278 valence electrons. The van der Waals surface area contributed by atoms with E-state index in [1.807, 2.05) is 0 Å². The van der Waals surface area contributed by atoms with Crippen LogP contribution in [0.1, 0.15) is 28.7 Å². The first-order chi connectivity index (χ1) is 29.3. The molecular weight excluding hydrogens is 715 g/mol. The van der Waals surface area contributed by atoms with E-state index in [2.05, 4.69) is 239 Å². The molecule has 1 spiro atoms. The van der Waals surface area contributed by atoms with Crippen LogP contribution in [-0.2, 0) is 5.41 Å². The minimum Gasteiger partial charge on any atom is -0.314 e. The van der Waals surface area contributed by atoms with Gasteiger partial charge in [-0.15, -0.1) is 0 Å². The van der Waals surface area contributed by atoms with E-state index in [-0.39, 0.29) is 0 Å². The molecule has 9 aromatic rings. The Hall–Kier alpha value is -7.62. The lowest BCUT2D eigenvalue weighted by Gasteiger charge is -2.41. The van der Waals surface area contributed by atoms with Crippen molar-refractivity contribution in [2.75, 3.05) is 9.80 Å². The predicted octanol–water partition coefficient (Wildman–Crippen LogP) is 14.4. The van der Waals surface area contributed by atoms with E-state index in [1.54, 1.807) is 0 Å². The number of allylic oxidation sites excluding steroid dienone is 5. The maximum Gasteiger partial charge on any atom is 0.0755 e. The van der Waals surface area contributed by atoms with Crippen molar-refractivity contribution in [2.24, 2.45) is 0 Å². The quantitative estimate of drug-likeness (QED) is 0.168. The summed E-state index contributed by atoms with van der Waals surface area (Å²) in [5.74, 6) is 0. The second kappa shape index (κ2) is 13.2. The molecular formula is C56H39N3. The van der Waals surface area contributed by atoms with E-state index in [0.29, 0.717) is 0 Å². The van der Waals surface area contributed by atoms with Crippen molar-refractivity contribution >= 4 is 55.8 Å². The molecule has 2 heterocycles. The highest BCUT2D eigenvalue weighted by Crippen LogP contribution is 2.62. The van der Waals surface area contributed by atoms with Crippen LogP contribution in [0.2, 0.25) is 0 Å². The van der Waals surface area contributed by atoms with E-state index >= 15 is 0 Å². The van der Waals surface area contributed by atoms with Crippen molar-refractivity contribution in [2.45, 2.75) is 11.8 Å². The standard InChI is InChI=1S/C56H39N3/c1-5-19-39(20-6-1)57(40-21-7-2-8-22-40)43-27-17-29-45-46-36-35-44(58(41-23-9-3-10-24-41)42-25-11-4-12-26-42)38-52(46)56(51(45)37-43)49-31-14-16-34-54(49)59-53-33-15-13-28-47(53)48-30-18-32-50(56)55(48)59/h1-26,28-38H,27H2. The molecule has 1 aromatic heterocycles. The summed E-state index contributed by atoms with van der Waals surface area (Å²) in [5, 5.41) is 2.55. The molecule has 0 N–H and O–H groups in total. The number of hydrogen-bond donors (Lipinski definition) is 0. The van der Waals surface area contributed by atoms with Crippen LogP contribution >= 0.6 is 0 Å². The van der Waals surface area contributed by atoms with Crippen LogP contribution in [0.25, 0.3) is 33.1 Å². The second-order valence-corrected chi connectivity index (χ2v) is 15.6. The topological polar surface area (TPSA) is 11.4 Å². The fourth-order valence-corrected chi connectivity index (χ4v) is 10.3. The van der Waals surface area contributed by atoms with Gasteiger partial charge < -0.3 is 14.4 Å². The zero-order chi connectivity index (χ0) is 38.9. The highest BCUT2D eigenvalue weighted by molar-refractivity contribution is 6.13. The Bertz CT molecular complexity index is 3100. The van der Waals surface area contributed by atoms with Crippen molar-refractivity contribution in [3.8, 4) is 5.69 Å². The molecule has 3 aliphatic rings. The van der Waals surface area contributed by atoms with Gasteiger partial charge in [-0.25, -0.2) is 0 Å². The molecule has 8 aromatic carbocycles. The number of anilines is 5. The van der Waals surface area contributed by atoms with Crippen molar-refractivity contribution < 1.29 is 0 Å². The van der Waals surface area contributed by atoms with Crippen molar-refractivity contribution in [1.29, 1.82) is 0 Å². The Labute approximate surface area is 344 Å². The Balaban J connectivity index is 1.20. The lowest BCUT2D eigenvalue weighted by molar-refractivity contribution is 0.740. The van der Waals surface area contributed by atoms with Crippen molar-refractivity contribution in [1.82, 2.24) is 4.57 Å². The van der Waals surface area contributed by atoms with Gasteiger partial charge in [-0.1, -0.05) is 146 Å². The number of nitrogens with zero attached hydrogens (tertiary/aromatic N) is 3. The molecule has 0 radical (unpaired) electrons. The number of rotatable bonds is 6. The number of benzene rings is 8. The van der Waals surface area contributed by atoms with Gasteiger partial charge in [0.15, 0.2) is 0 Å². The monoisotopic (exact) mass is 753 g/mol. The van der Waals surface area contributed by atoms with Crippen molar-refractivity contribution in [3.63, 3.8) is 0 Å². The van der Waals surface area contributed by atoms with Crippen LogP contribution in [0.5, 0.6) is 0 Å². The van der Waals surface area contributed by atoms with Crippen LogP contribution in [0, 0.1) is 0 Å². The van der Waals surface area contributed by atoms with Crippen LogP contribution in [0.15, 0.2) is 236 Å². The maximum absolute atomic E-state index is 2.54. The molecule has 0 bridgehead atoms. The molecule has 12 rings (SSSR count). The summed E-state index contributed by atoms with van der Waals surface area (Å²) >= 11 is 0. The molecule has 1 unspecified atom stereocenters. The van der Waals surface area contributed by atoms with Gasteiger partial charge in [-0.2, -0.15) is 0 Å². The second-order valence-electron chi connectivity index (χ2n) is 15.6. The average Bonchev–Trinajstić information content (AvgIpc) is 3.67. The summed E-state index contributed by atoms with van der Waals surface area (Å²) in [4.78, 5) is 4.84. The Morgan fingerprint density at radius 2 is 1.00 bits per heavy atom. The highest BCUT2D eigenvalue weighted by Gasteiger charge is 2.52. The molecule has 0 saturated carbocycles. The van der Waals surface area contributed by atoms with Gasteiger partial charge in [0, 0.05) is 51.3 Å². The summed E-state index contributed by atoms with van der Waals surface area (Å²) in [6, 6.07) is 75.4. The van der Waals surface area contributed by atoms with Gasteiger partial charge in [-0.3, -0.25) is 0 Å². The molecule has 3 nitrogen and oxygen atoms in total. The molecule has 0 amide bonds. The summed E-state index contributed by atoms with van der Waals surface area (Å²) < 4.78 is 2.53. The highest BCUT2D eigenvalue weighted by atomic mass is 15.2. The zero-order valence-electron chi connectivity index (χ0n) is 32.4. The minimum atomic E-state index is -0.640. The first kappa shape index (κ1) is 33.5. The fourth-order valence-electron chi connectivity index (χ4n) is 10.3. The molecule has 3 heteroatoms. The van der Waals surface area contributed by atoms with Gasteiger partial charge >= 0.3 is 0 Å². The predicted molar refractivity (Wildman–Crippen MR) is 246 cm³/mol. The van der Waals surface area contributed by atoms with Gasteiger partial charge in [-0.05, 0) is 112 Å². The number of aromatic nitrogens is 1. The third-order valence-corrected chi connectivity index (χ3v) is 12.6. The Morgan fingerprint density at radius 3 is 1.68 bits per heavy atom. The average molecular weight is 754 g/mol. The lowest BCUT2D eigenvalue weighted by atomic mass is 9.64. The van der Waals surface area contributed by atoms with Crippen LogP contribution < -0.4 is 9.80 Å². The maximum atomic E-state index is 2.54. The first-order valence-electron chi connectivity index (χ1n) is 20.5. The Morgan fingerprint density at radius 1 is 0.441 bits per heavy atom. The normalized spacial score (nSPS) is 16.1. The van der Waals surface area contributed by atoms with E-state index in [0.717, 1.165) is 34.9 Å². The lowest BCUT2D eigenvalue weighted by Crippen LogP contribution is -2.34. The number of fused-ring (bicyclic) bond motifs is 11. The molecule has 0 fully saturated rings. The van der Waals surface area contributed by atoms with Crippen molar-refractivity contribution in [3.05, 3.63) is 258 Å². The van der Waals surface area contributed by atoms with Gasteiger partial charge in [0.05, 0.1) is 22.1 Å². The molecule has 0 saturated heterocycles. The molecule has 1 atom stereocenters. The third-order valence-electron chi connectivity index (χ3n) is 12.6. The van der Waals surface area contributed by atoms with Crippen LogP contribution in [-0.4, -0.2) is 4.57 Å². The number of para-hydroxylation sites is 7. The summed E-state index contributed by atoms with van der Waals surface area (Å²) in [7, 11) is 0. The summed E-state index contributed by atoms with van der Waals surface area (Å²) in [5.41, 5.74) is 17.7. The van der Waals surface area contributed by atoms with Crippen LogP contribution in [0.4, 0.5) is 28.4 Å². The Kier molecular flexibility index (Phi) is 7.51. The van der Waals surface area contributed by atoms with Gasteiger partial charge in [0.2, 0.25) is 0 Å². The van der Waals surface area contributed by atoms with Gasteiger partial charge in [0.1, 0.15) is 0 Å². The molecule has 1 aliphatic heterocycles. The largest absolute Gasteiger partial charge is 0.314 e. The van der Waals surface area contributed by atoms with Crippen LogP contribution in [0.3, 0.4) is 0 Å². The number of hydrogen-bond acceptors (Lipinski definition) is 2. The van der Waals surface area contributed by atoms with E-state index in [1.165, 1.54) is 66.6 Å². The molecule has 59 heavy (non-hydrogen) atoms. The smallest absolute Gasteiger partial charge is 0.0755 e. The minimum absolute atomic E-state index is 0.640. The zero-order valence-corrected chi connectivity index (χ0v) is 32.4. The SMILES string of the molecule is C1=CC2=C(C=C(N(c3ccccc3)c3ccccc3)C1)C1(c3cc(N(c4ccccc4)c4ccccc4)ccc32)c2ccccc2-n2c3ccccc3c3cccc1c32. The first-order valence-corrected chi connectivity index (χ1v) is 20.5. The summed E-state index contributed by atoms with van der Waals surface area (Å²) in [6.07, 6.45) is 8.09. The van der Waals surface area contributed by atoms with E-state index in [4.69, 9.17) is 0 Å². The van der Waals surface area contributed by atoms with Gasteiger partial charge in [0.25, 0.3) is 0 Å². The molecule has 2 aliphatic carbocycles. The van der Waals surface area contributed by atoms with E-state index in [9.17, 15) is 0 Å². The third kappa shape index (κ3) is 4.88. The summed E-state index contributed by atoms with van der Waals surface area (Å²) in [6.45, 7) is 0. The van der Waals surface area contributed by atoms with E-state index < -0.39 is 5.41 Å².